The van der Waals surface area contributed by atoms with Gasteiger partial charge < -0.3 is 10.4 Å². The highest BCUT2D eigenvalue weighted by Crippen LogP contribution is 2.29. The Bertz CT molecular complexity index is 579. The molecule has 2 aromatic rings. The monoisotopic (exact) mass is 267 g/mol. The molecule has 20 heavy (non-hydrogen) atoms. The van der Waals surface area contributed by atoms with Crippen LogP contribution in [0.5, 0.6) is 0 Å². The first-order chi connectivity index (χ1) is 9.86. The molecule has 1 aliphatic rings. The molecule has 1 aliphatic carbocycles. The summed E-state index contributed by atoms with van der Waals surface area (Å²) in [4.78, 5) is 0. The topological polar surface area (TPSA) is 32.3 Å². The zero-order valence-corrected chi connectivity index (χ0v) is 11.7. The third-order valence-electron chi connectivity index (χ3n) is 4.10. The van der Waals surface area contributed by atoms with E-state index in [0.717, 1.165) is 12.1 Å². The molecule has 104 valence electrons. The van der Waals surface area contributed by atoms with Crippen molar-refractivity contribution in [3.63, 3.8) is 0 Å². The van der Waals surface area contributed by atoms with Crippen LogP contribution >= 0.6 is 0 Å². The van der Waals surface area contributed by atoms with Crippen molar-refractivity contribution < 1.29 is 5.11 Å². The SMILES string of the molecule is OCc1cccc(CNC2CCCc3ccccc32)c1. The molecule has 2 nitrogen and oxygen atoms in total. The molecule has 0 aliphatic heterocycles. The van der Waals surface area contributed by atoms with Crippen LogP contribution < -0.4 is 5.32 Å². The Morgan fingerprint density at radius 3 is 2.80 bits per heavy atom. The van der Waals surface area contributed by atoms with Gasteiger partial charge in [-0.2, -0.15) is 0 Å². The number of aryl methyl sites for hydroxylation is 1. The summed E-state index contributed by atoms with van der Waals surface area (Å²) < 4.78 is 0. The number of hydrogen-bond donors (Lipinski definition) is 2. The van der Waals surface area contributed by atoms with E-state index in [0.29, 0.717) is 6.04 Å². The third kappa shape index (κ3) is 2.92. The lowest BCUT2D eigenvalue weighted by Gasteiger charge is -2.26. The van der Waals surface area contributed by atoms with Gasteiger partial charge in [-0.15, -0.1) is 0 Å². The number of aliphatic hydroxyl groups is 1. The Balaban J connectivity index is 1.70. The van der Waals surface area contributed by atoms with E-state index in [1.165, 1.54) is 36.0 Å². The van der Waals surface area contributed by atoms with E-state index in [2.05, 4.69) is 41.7 Å². The average molecular weight is 267 g/mol. The van der Waals surface area contributed by atoms with Gasteiger partial charge in [-0.05, 0) is 41.5 Å². The number of rotatable bonds is 4. The first-order valence-electron chi connectivity index (χ1n) is 7.36. The lowest BCUT2D eigenvalue weighted by molar-refractivity contribution is 0.281. The molecule has 1 unspecified atom stereocenters. The first kappa shape index (κ1) is 13.3. The molecular weight excluding hydrogens is 246 g/mol. The molecule has 1 atom stereocenters. The summed E-state index contributed by atoms with van der Waals surface area (Å²) in [5.74, 6) is 0. The maximum absolute atomic E-state index is 9.19. The highest BCUT2D eigenvalue weighted by Gasteiger charge is 2.18. The highest BCUT2D eigenvalue weighted by atomic mass is 16.3. The fraction of sp³-hybridized carbons (Fsp3) is 0.333. The Kier molecular flexibility index (Phi) is 4.14. The minimum absolute atomic E-state index is 0.111. The predicted molar refractivity (Wildman–Crippen MR) is 81.3 cm³/mol. The van der Waals surface area contributed by atoms with E-state index in [1.54, 1.807) is 0 Å². The Labute approximate surface area is 120 Å². The Morgan fingerprint density at radius 2 is 1.90 bits per heavy atom. The maximum atomic E-state index is 9.19. The standard InChI is InChI=1S/C18H21NO/c20-13-15-6-3-5-14(11-15)12-19-18-10-4-8-16-7-1-2-9-17(16)18/h1-3,5-7,9,11,18-20H,4,8,10,12-13H2. The van der Waals surface area contributed by atoms with Gasteiger partial charge in [0.05, 0.1) is 6.61 Å². The average Bonchev–Trinajstić information content (AvgIpc) is 2.53. The summed E-state index contributed by atoms with van der Waals surface area (Å²) in [6.07, 6.45) is 3.66. The molecule has 0 saturated heterocycles. The van der Waals surface area contributed by atoms with Crippen LogP contribution in [0.4, 0.5) is 0 Å². The normalized spacial score (nSPS) is 17.8. The second-order valence-corrected chi connectivity index (χ2v) is 5.50. The van der Waals surface area contributed by atoms with Gasteiger partial charge in [0, 0.05) is 12.6 Å². The summed E-state index contributed by atoms with van der Waals surface area (Å²) >= 11 is 0. The lowest BCUT2D eigenvalue weighted by Crippen LogP contribution is -2.24. The zero-order valence-electron chi connectivity index (χ0n) is 11.7. The van der Waals surface area contributed by atoms with Gasteiger partial charge in [-0.25, -0.2) is 0 Å². The molecule has 0 bridgehead atoms. The predicted octanol–water partition coefficient (Wildman–Crippen LogP) is 3.35. The van der Waals surface area contributed by atoms with Crippen LogP contribution in [0.15, 0.2) is 48.5 Å². The number of aliphatic hydroxyl groups excluding tert-OH is 1. The first-order valence-corrected chi connectivity index (χ1v) is 7.36. The lowest BCUT2D eigenvalue weighted by atomic mass is 9.87. The van der Waals surface area contributed by atoms with Gasteiger partial charge in [-0.3, -0.25) is 0 Å². The van der Waals surface area contributed by atoms with Crippen molar-refractivity contribution in [1.82, 2.24) is 5.32 Å². The van der Waals surface area contributed by atoms with Crippen molar-refractivity contribution >= 4 is 0 Å². The molecule has 3 rings (SSSR count). The summed E-state index contributed by atoms with van der Waals surface area (Å²) in [5, 5.41) is 12.9. The second kappa shape index (κ2) is 6.21. The van der Waals surface area contributed by atoms with Crippen molar-refractivity contribution in [2.75, 3.05) is 0 Å². The van der Waals surface area contributed by atoms with Crippen LogP contribution in [-0.2, 0) is 19.6 Å². The molecule has 0 heterocycles. The van der Waals surface area contributed by atoms with Gasteiger partial charge in [0.1, 0.15) is 0 Å². The molecular formula is C18H21NO. The fourth-order valence-corrected chi connectivity index (χ4v) is 3.04. The largest absolute Gasteiger partial charge is 0.392 e. The van der Waals surface area contributed by atoms with Crippen molar-refractivity contribution in [2.24, 2.45) is 0 Å². The molecule has 2 N–H and O–H groups in total. The number of hydrogen-bond acceptors (Lipinski definition) is 2. The quantitative estimate of drug-likeness (QED) is 0.890. The second-order valence-electron chi connectivity index (χ2n) is 5.50. The molecule has 0 spiro atoms. The molecule has 0 saturated carbocycles. The van der Waals surface area contributed by atoms with Crippen LogP contribution in [0.25, 0.3) is 0 Å². The highest BCUT2D eigenvalue weighted by molar-refractivity contribution is 5.32. The van der Waals surface area contributed by atoms with Gasteiger partial charge in [0.25, 0.3) is 0 Å². The van der Waals surface area contributed by atoms with Gasteiger partial charge in [0.2, 0.25) is 0 Å². The van der Waals surface area contributed by atoms with Crippen molar-refractivity contribution in [2.45, 2.75) is 38.5 Å². The summed E-state index contributed by atoms with van der Waals surface area (Å²) in [5.41, 5.74) is 5.16. The minimum Gasteiger partial charge on any atom is -0.392 e. The van der Waals surface area contributed by atoms with E-state index in [4.69, 9.17) is 0 Å². The van der Waals surface area contributed by atoms with Crippen LogP contribution in [0.2, 0.25) is 0 Å². The molecule has 0 radical (unpaired) electrons. The van der Waals surface area contributed by atoms with E-state index < -0.39 is 0 Å². The molecule has 2 heteroatoms. The van der Waals surface area contributed by atoms with Gasteiger partial charge in [-0.1, -0.05) is 48.5 Å². The van der Waals surface area contributed by atoms with E-state index in [1.807, 2.05) is 12.1 Å². The molecule has 0 fully saturated rings. The van der Waals surface area contributed by atoms with Gasteiger partial charge in [0.15, 0.2) is 0 Å². The molecule has 0 amide bonds. The van der Waals surface area contributed by atoms with Crippen LogP contribution in [0.3, 0.4) is 0 Å². The zero-order chi connectivity index (χ0) is 13.8. The van der Waals surface area contributed by atoms with E-state index >= 15 is 0 Å². The number of nitrogens with one attached hydrogen (secondary N) is 1. The number of fused-ring (bicyclic) bond motifs is 1. The van der Waals surface area contributed by atoms with Gasteiger partial charge >= 0.3 is 0 Å². The maximum Gasteiger partial charge on any atom is 0.0681 e. The van der Waals surface area contributed by atoms with Crippen molar-refractivity contribution in [3.8, 4) is 0 Å². The minimum atomic E-state index is 0.111. The fourth-order valence-electron chi connectivity index (χ4n) is 3.04. The Hall–Kier alpha value is -1.64. The summed E-state index contributed by atoms with van der Waals surface area (Å²) in [7, 11) is 0. The molecule has 2 aromatic carbocycles. The van der Waals surface area contributed by atoms with E-state index in [-0.39, 0.29) is 6.61 Å². The summed E-state index contributed by atoms with van der Waals surface area (Å²) in [6, 6.07) is 17.4. The van der Waals surface area contributed by atoms with Crippen LogP contribution in [-0.4, -0.2) is 5.11 Å². The number of benzene rings is 2. The third-order valence-corrected chi connectivity index (χ3v) is 4.10. The smallest absolute Gasteiger partial charge is 0.0681 e. The molecule has 0 aromatic heterocycles. The van der Waals surface area contributed by atoms with Crippen molar-refractivity contribution in [1.29, 1.82) is 0 Å². The van der Waals surface area contributed by atoms with E-state index in [9.17, 15) is 5.11 Å². The van der Waals surface area contributed by atoms with Crippen molar-refractivity contribution in [3.05, 3.63) is 70.8 Å². The van der Waals surface area contributed by atoms with Crippen LogP contribution in [0.1, 0.15) is 41.1 Å². The summed E-state index contributed by atoms with van der Waals surface area (Å²) in [6.45, 7) is 0.965. The van der Waals surface area contributed by atoms with Crippen LogP contribution in [0, 0.1) is 0 Å². The Morgan fingerprint density at radius 1 is 1.05 bits per heavy atom.